The molecule has 0 atom stereocenters. The van der Waals surface area contributed by atoms with Gasteiger partial charge in [-0.2, -0.15) is 10.4 Å². The summed E-state index contributed by atoms with van der Waals surface area (Å²) in [5.41, 5.74) is 4.44. The first-order valence-corrected chi connectivity index (χ1v) is 6.26. The van der Waals surface area contributed by atoms with E-state index >= 15 is 0 Å². The molecule has 1 aliphatic rings. The summed E-state index contributed by atoms with van der Waals surface area (Å²) in [4.78, 5) is 13.2. The number of H-pyrrole nitrogens is 1. The average molecular weight is 267 g/mol. The molecule has 1 aliphatic heterocycles. The van der Waals surface area contributed by atoms with Crippen molar-refractivity contribution in [3.8, 4) is 17.5 Å². The van der Waals surface area contributed by atoms with E-state index in [2.05, 4.69) is 21.7 Å². The van der Waals surface area contributed by atoms with Gasteiger partial charge in [-0.1, -0.05) is 12.1 Å². The molecule has 0 saturated heterocycles. The van der Waals surface area contributed by atoms with Crippen molar-refractivity contribution in [2.45, 2.75) is 13.1 Å². The van der Waals surface area contributed by atoms with Crippen molar-refractivity contribution in [2.75, 3.05) is 7.05 Å². The Hall–Kier alpha value is -2.81. The quantitative estimate of drug-likeness (QED) is 0.801. The van der Waals surface area contributed by atoms with E-state index in [0.717, 1.165) is 22.5 Å². The van der Waals surface area contributed by atoms with Crippen molar-refractivity contribution in [3.63, 3.8) is 0 Å². The molecule has 2 heterocycles. The zero-order chi connectivity index (χ0) is 14.1. The lowest BCUT2D eigenvalue weighted by atomic mass is 10.0. The van der Waals surface area contributed by atoms with Crippen LogP contribution in [0.15, 0.2) is 24.3 Å². The minimum Gasteiger partial charge on any atom is -0.355 e. The molecule has 6 nitrogen and oxygen atoms in total. The molecule has 20 heavy (non-hydrogen) atoms. The van der Waals surface area contributed by atoms with Crippen molar-refractivity contribution >= 4 is 5.91 Å². The summed E-state index contributed by atoms with van der Waals surface area (Å²) in [6, 6.07) is 7.28. The van der Waals surface area contributed by atoms with Crippen molar-refractivity contribution in [3.05, 3.63) is 41.1 Å². The molecule has 1 amide bonds. The van der Waals surface area contributed by atoms with E-state index in [1.54, 1.807) is 24.1 Å². The first kappa shape index (κ1) is 12.2. The molecular weight excluding hydrogens is 254 g/mol. The number of fused-ring (bicyclic) bond motifs is 1. The number of hydrogen-bond acceptors (Lipinski definition) is 4. The molecule has 0 unspecified atom stereocenters. The van der Waals surface area contributed by atoms with E-state index in [1.807, 2.05) is 12.1 Å². The molecule has 0 bridgehead atoms. The molecule has 0 saturated carbocycles. The van der Waals surface area contributed by atoms with E-state index in [9.17, 15) is 4.79 Å². The fourth-order valence-corrected chi connectivity index (χ4v) is 2.37. The van der Waals surface area contributed by atoms with Crippen LogP contribution in [-0.2, 0) is 13.1 Å². The maximum Gasteiger partial charge on any atom is 0.251 e. The van der Waals surface area contributed by atoms with E-state index < -0.39 is 0 Å². The summed E-state index contributed by atoms with van der Waals surface area (Å²) in [6.07, 6.45) is 2.14. The second-order valence-electron chi connectivity index (χ2n) is 4.64. The molecule has 6 heteroatoms. The fraction of sp³-hybridized carbons (Fsp3) is 0.214. The van der Waals surface area contributed by atoms with Gasteiger partial charge in [0.25, 0.3) is 5.91 Å². The lowest BCUT2D eigenvalue weighted by Gasteiger charge is -2.05. The maximum atomic E-state index is 11.5. The Morgan fingerprint density at radius 1 is 1.40 bits per heavy atom. The number of rotatable bonds is 2. The number of benzene rings is 1. The van der Waals surface area contributed by atoms with Crippen LogP contribution in [0.1, 0.15) is 21.6 Å². The summed E-state index contributed by atoms with van der Waals surface area (Å²) >= 11 is 0. The molecule has 2 aromatic rings. The molecular formula is C14H13N5O. The van der Waals surface area contributed by atoms with Crippen LogP contribution in [0, 0.1) is 11.5 Å². The second kappa shape index (κ2) is 4.70. The number of hydrogen-bond donors (Lipinski definition) is 2. The fourth-order valence-electron chi connectivity index (χ4n) is 2.37. The molecule has 2 N–H and O–H groups in total. The highest BCUT2D eigenvalue weighted by Gasteiger charge is 2.24. The molecule has 3 rings (SSSR count). The van der Waals surface area contributed by atoms with Crippen molar-refractivity contribution in [2.24, 2.45) is 0 Å². The van der Waals surface area contributed by atoms with Gasteiger partial charge in [0.05, 0.1) is 24.5 Å². The van der Waals surface area contributed by atoms with Gasteiger partial charge in [-0.3, -0.25) is 9.89 Å². The summed E-state index contributed by atoms with van der Waals surface area (Å²) in [7, 11) is 1.60. The minimum atomic E-state index is -0.112. The van der Waals surface area contributed by atoms with E-state index in [0.29, 0.717) is 18.7 Å². The lowest BCUT2D eigenvalue weighted by molar-refractivity contribution is 0.0963. The molecule has 100 valence electrons. The number of nitrogens with one attached hydrogen (secondary N) is 2. The second-order valence-corrected chi connectivity index (χ2v) is 4.64. The van der Waals surface area contributed by atoms with Crippen LogP contribution < -0.4 is 5.32 Å². The molecule has 1 aromatic heterocycles. The highest BCUT2D eigenvalue weighted by Crippen LogP contribution is 2.30. The summed E-state index contributed by atoms with van der Waals surface area (Å²) in [6.45, 7) is 1.16. The van der Waals surface area contributed by atoms with Crippen LogP contribution >= 0.6 is 0 Å². The van der Waals surface area contributed by atoms with Crippen LogP contribution in [0.2, 0.25) is 0 Å². The number of nitriles is 1. The number of amides is 1. The molecule has 0 spiro atoms. The smallest absolute Gasteiger partial charge is 0.251 e. The van der Waals surface area contributed by atoms with Crippen molar-refractivity contribution < 1.29 is 4.79 Å². The van der Waals surface area contributed by atoms with Crippen LogP contribution in [-0.4, -0.2) is 28.1 Å². The van der Waals surface area contributed by atoms with Crippen molar-refractivity contribution in [1.82, 2.24) is 20.4 Å². The van der Waals surface area contributed by atoms with Crippen LogP contribution in [0.5, 0.6) is 0 Å². The predicted molar refractivity (Wildman–Crippen MR) is 72.3 cm³/mol. The minimum absolute atomic E-state index is 0.112. The first-order chi connectivity index (χ1) is 9.72. The van der Waals surface area contributed by atoms with Gasteiger partial charge >= 0.3 is 0 Å². The summed E-state index contributed by atoms with van der Waals surface area (Å²) in [5, 5.41) is 18.8. The van der Waals surface area contributed by atoms with Gasteiger partial charge in [0.2, 0.25) is 0 Å². The zero-order valence-corrected chi connectivity index (χ0v) is 11.0. The Balaban J connectivity index is 1.92. The normalized spacial score (nSPS) is 12.9. The first-order valence-electron chi connectivity index (χ1n) is 6.26. The SMILES string of the molecule is CNC(=O)c1ccc(-c2n[nH]c3c2CN(C#N)C3)cc1. The van der Waals surface area contributed by atoms with Gasteiger partial charge in [-0.25, -0.2) is 0 Å². The van der Waals surface area contributed by atoms with Gasteiger partial charge in [0.1, 0.15) is 0 Å². The average Bonchev–Trinajstić information content (AvgIpc) is 3.06. The Morgan fingerprint density at radius 2 is 2.15 bits per heavy atom. The van der Waals surface area contributed by atoms with Crippen LogP contribution in [0.4, 0.5) is 0 Å². The number of carbonyl (C=O) groups is 1. The Bertz CT molecular complexity index is 695. The molecule has 1 aromatic carbocycles. The third-order valence-electron chi connectivity index (χ3n) is 3.44. The largest absolute Gasteiger partial charge is 0.355 e. The number of aromatic amines is 1. The van der Waals surface area contributed by atoms with E-state index in [-0.39, 0.29) is 5.91 Å². The topological polar surface area (TPSA) is 84.8 Å². The summed E-state index contributed by atoms with van der Waals surface area (Å²) < 4.78 is 0. The van der Waals surface area contributed by atoms with Gasteiger partial charge in [-0.05, 0) is 12.1 Å². The number of aromatic nitrogens is 2. The third-order valence-corrected chi connectivity index (χ3v) is 3.44. The third kappa shape index (κ3) is 1.89. The van der Waals surface area contributed by atoms with Gasteiger partial charge in [-0.15, -0.1) is 0 Å². The zero-order valence-electron chi connectivity index (χ0n) is 11.0. The standard InChI is InChI=1S/C14H13N5O/c1-16-14(20)10-4-2-9(3-5-10)13-11-6-19(8-15)7-12(11)17-18-13/h2-5H,6-7H2,1H3,(H,16,20)(H,17,18). The van der Waals surface area contributed by atoms with Crippen LogP contribution in [0.25, 0.3) is 11.3 Å². The van der Waals surface area contributed by atoms with Gasteiger partial charge < -0.3 is 10.2 Å². The summed E-state index contributed by atoms with van der Waals surface area (Å²) in [5.74, 6) is -0.112. The highest BCUT2D eigenvalue weighted by molar-refractivity contribution is 5.94. The molecule has 0 aliphatic carbocycles. The number of carbonyl (C=O) groups excluding carboxylic acids is 1. The number of nitrogens with zero attached hydrogens (tertiary/aromatic N) is 3. The van der Waals surface area contributed by atoms with E-state index in [1.165, 1.54) is 0 Å². The van der Waals surface area contributed by atoms with Crippen molar-refractivity contribution in [1.29, 1.82) is 5.26 Å². The van der Waals surface area contributed by atoms with E-state index in [4.69, 9.17) is 5.26 Å². The Kier molecular flexibility index (Phi) is 2.88. The predicted octanol–water partition coefficient (Wildman–Crippen LogP) is 1.23. The van der Waals surface area contributed by atoms with Gasteiger partial charge in [0.15, 0.2) is 6.19 Å². The highest BCUT2D eigenvalue weighted by atomic mass is 16.1. The monoisotopic (exact) mass is 267 g/mol. The maximum absolute atomic E-state index is 11.5. The Morgan fingerprint density at radius 3 is 2.80 bits per heavy atom. The lowest BCUT2D eigenvalue weighted by Crippen LogP contribution is -2.17. The molecule has 0 radical (unpaired) electrons. The molecule has 0 fully saturated rings. The Labute approximate surface area is 116 Å². The van der Waals surface area contributed by atoms with Gasteiger partial charge in [0, 0.05) is 23.7 Å². The van der Waals surface area contributed by atoms with Crippen LogP contribution in [0.3, 0.4) is 0 Å².